The third kappa shape index (κ3) is 4.04. The van der Waals surface area contributed by atoms with E-state index >= 15 is 0 Å². The van der Waals surface area contributed by atoms with Crippen molar-refractivity contribution in [3.8, 4) is 0 Å². The fourth-order valence-electron chi connectivity index (χ4n) is 5.07. The van der Waals surface area contributed by atoms with Gasteiger partial charge in [-0.05, 0) is 69.1 Å². The molecule has 1 amide bonds. The minimum absolute atomic E-state index is 0.0428. The summed E-state index contributed by atoms with van der Waals surface area (Å²) in [6, 6.07) is 11.0. The largest absolute Gasteiger partial charge is 0.378 e. The van der Waals surface area contributed by atoms with Gasteiger partial charge in [-0.25, -0.2) is 0 Å². The van der Waals surface area contributed by atoms with E-state index in [1.165, 1.54) is 31.5 Å². The first-order chi connectivity index (χ1) is 14.7. The number of aromatic nitrogens is 1. The second-order valence-corrected chi connectivity index (χ2v) is 9.67. The van der Waals surface area contributed by atoms with E-state index in [0.717, 1.165) is 28.6 Å². The molecule has 2 bridgehead atoms. The van der Waals surface area contributed by atoms with Gasteiger partial charge in [0.15, 0.2) is 0 Å². The first kappa shape index (κ1) is 20.1. The molecule has 0 aliphatic carbocycles. The lowest BCUT2D eigenvalue weighted by Crippen LogP contribution is -2.62. The molecule has 5 heterocycles. The van der Waals surface area contributed by atoms with Crippen LogP contribution in [-0.2, 0) is 4.74 Å². The molecule has 0 saturated carbocycles. The minimum atomic E-state index is 0.0428. The van der Waals surface area contributed by atoms with Crippen molar-refractivity contribution in [3.63, 3.8) is 0 Å². The molecule has 160 valence electrons. The molecule has 4 aliphatic heterocycles. The molecule has 1 unspecified atom stereocenters. The normalized spacial score (nSPS) is 30.9. The van der Waals surface area contributed by atoms with Crippen LogP contribution in [0.1, 0.15) is 41.7 Å². The summed E-state index contributed by atoms with van der Waals surface area (Å²) >= 11 is 1.69. The monoisotopic (exact) mass is 426 g/mol. The van der Waals surface area contributed by atoms with Crippen molar-refractivity contribution >= 4 is 17.7 Å². The van der Waals surface area contributed by atoms with E-state index in [9.17, 15) is 4.79 Å². The van der Waals surface area contributed by atoms with Crippen LogP contribution < -0.4 is 10.6 Å². The van der Waals surface area contributed by atoms with Crippen LogP contribution in [0.2, 0.25) is 0 Å². The van der Waals surface area contributed by atoms with Crippen molar-refractivity contribution in [1.82, 2.24) is 20.5 Å². The van der Waals surface area contributed by atoms with Gasteiger partial charge < -0.3 is 20.4 Å². The van der Waals surface area contributed by atoms with Gasteiger partial charge >= 0.3 is 0 Å². The summed E-state index contributed by atoms with van der Waals surface area (Å²) in [5.74, 6) is 0.661. The number of hydrogen-bond acceptors (Lipinski definition) is 5. The molecule has 3 N–H and O–H groups in total. The molecular formula is C23H30N4O2S. The summed E-state index contributed by atoms with van der Waals surface area (Å²) in [6.07, 6.45) is 4.37. The van der Waals surface area contributed by atoms with E-state index in [0.29, 0.717) is 18.6 Å². The zero-order valence-corrected chi connectivity index (χ0v) is 18.2. The Balaban J connectivity index is 1.23. The standard InChI is InChI=1S/C23H30N4O2S/c1-15-21(16-7-11-27(15)12-8-16)26-22(28)17-2-4-18(5-3-17)30-23-19(6-9-25-23)20-14-29-13-10-24-20/h2-6,9,15-16,20-21,24-25H,7-8,10-14H2,1H3,(H,26,28)/t15-,20?,21-/m0/s1. The minimum Gasteiger partial charge on any atom is -0.378 e. The lowest BCUT2D eigenvalue weighted by molar-refractivity contribution is 0.0217. The molecule has 2 aromatic rings. The highest BCUT2D eigenvalue weighted by atomic mass is 32.2. The average molecular weight is 427 g/mol. The van der Waals surface area contributed by atoms with Crippen LogP contribution in [-0.4, -0.2) is 60.7 Å². The van der Waals surface area contributed by atoms with Crippen LogP contribution in [0.3, 0.4) is 0 Å². The zero-order chi connectivity index (χ0) is 20.5. The van der Waals surface area contributed by atoms with Gasteiger partial charge in [-0.1, -0.05) is 11.8 Å². The zero-order valence-electron chi connectivity index (χ0n) is 17.4. The molecule has 30 heavy (non-hydrogen) atoms. The van der Waals surface area contributed by atoms with Crippen LogP contribution in [0.5, 0.6) is 0 Å². The molecule has 0 spiro atoms. The van der Waals surface area contributed by atoms with Crippen LogP contribution in [0.15, 0.2) is 46.5 Å². The van der Waals surface area contributed by atoms with Gasteiger partial charge in [0.2, 0.25) is 0 Å². The van der Waals surface area contributed by atoms with Crippen LogP contribution in [0.25, 0.3) is 0 Å². The summed E-state index contributed by atoms with van der Waals surface area (Å²) in [7, 11) is 0. The number of hydrogen-bond donors (Lipinski definition) is 3. The maximum atomic E-state index is 12.9. The Labute approximate surface area is 182 Å². The second-order valence-electron chi connectivity index (χ2n) is 8.58. The molecule has 4 saturated heterocycles. The van der Waals surface area contributed by atoms with Gasteiger partial charge in [-0.2, -0.15) is 0 Å². The fraction of sp³-hybridized carbons (Fsp3) is 0.522. The van der Waals surface area contributed by atoms with Gasteiger partial charge in [0.1, 0.15) is 0 Å². The lowest BCUT2D eigenvalue weighted by atomic mass is 9.79. The number of benzene rings is 1. The van der Waals surface area contributed by atoms with Gasteiger partial charge in [0.25, 0.3) is 5.91 Å². The maximum Gasteiger partial charge on any atom is 0.251 e. The van der Waals surface area contributed by atoms with Crippen LogP contribution in [0.4, 0.5) is 0 Å². The van der Waals surface area contributed by atoms with Crippen LogP contribution >= 0.6 is 11.8 Å². The molecule has 7 heteroatoms. The molecule has 4 fully saturated rings. The van der Waals surface area contributed by atoms with Crippen molar-refractivity contribution in [1.29, 1.82) is 0 Å². The number of aromatic amines is 1. The maximum absolute atomic E-state index is 12.9. The summed E-state index contributed by atoms with van der Waals surface area (Å²) in [5.41, 5.74) is 1.97. The van der Waals surface area contributed by atoms with E-state index in [4.69, 9.17) is 4.74 Å². The summed E-state index contributed by atoms with van der Waals surface area (Å²) in [6.45, 7) is 6.94. The Morgan fingerprint density at radius 3 is 2.70 bits per heavy atom. The Morgan fingerprint density at radius 1 is 1.20 bits per heavy atom. The van der Waals surface area contributed by atoms with Crippen molar-refractivity contribution < 1.29 is 9.53 Å². The second kappa shape index (κ2) is 8.75. The highest BCUT2D eigenvalue weighted by molar-refractivity contribution is 7.99. The molecule has 4 aliphatic rings. The van der Waals surface area contributed by atoms with Gasteiger partial charge in [-0.3, -0.25) is 9.69 Å². The smallest absolute Gasteiger partial charge is 0.251 e. The van der Waals surface area contributed by atoms with E-state index in [2.05, 4.69) is 33.5 Å². The lowest BCUT2D eigenvalue weighted by Gasteiger charge is -2.49. The third-order valence-corrected chi connectivity index (χ3v) is 7.91. The average Bonchev–Trinajstić information content (AvgIpc) is 3.25. The molecule has 3 atom stereocenters. The number of fused-ring (bicyclic) bond motifs is 3. The van der Waals surface area contributed by atoms with Gasteiger partial charge in [0, 0.05) is 40.8 Å². The fourth-order valence-corrected chi connectivity index (χ4v) is 6.03. The molecule has 0 radical (unpaired) electrons. The predicted molar refractivity (Wildman–Crippen MR) is 118 cm³/mol. The first-order valence-electron chi connectivity index (χ1n) is 11.0. The molecular weight excluding hydrogens is 396 g/mol. The van der Waals surface area contributed by atoms with E-state index in [-0.39, 0.29) is 18.0 Å². The Bertz CT molecular complexity index is 868. The Hall–Kier alpha value is -1.80. The number of piperidine rings is 3. The Kier molecular flexibility index (Phi) is 5.87. The highest BCUT2D eigenvalue weighted by Crippen LogP contribution is 2.34. The number of morpholine rings is 1. The van der Waals surface area contributed by atoms with Crippen molar-refractivity contribution in [3.05, 3.63) is 47.7 Å². The number of carbonyl (C=O) groups excluding carboxylic acids is 1. The number of rotatable bonds is 5. The number of nitrogens with zero attached hydrogens (tertiary/aromatic N) is 1. The summed E-state index contributed by atoms with van der Waals surface area (Å²) in [5, 5.41) is 7.95. The highest BCUT2D eigenvalue weighted by Gasteiger charge is 2.40. The third-order valence-electron chi connectivity index (χ3n) is 6.85. The van der Waals surface area contributed by atoms with Gasteiger partial charge in [-0.15, -0.1) is 0 Å². The quantitative estimate of drug-likeness (QED) is 0.686. The topological polar surface area (TPSA) is 69.4 Å². The predicted octanol–water partition coefficient (Wildman–Crippen LogP) is 3.04. The molecule has 1 aromatic carbocycles. The number of nitrogens with one attached hydrogen (secondary N) is 3. The SMILES string of the molecule is C[C@H]1[C@H](NC(=O)c2ccc(Sc3[nH]ccc3C3COCCN3)cc2)C2CCN1CC2. The summed E-state index contributed by atoms with van der Waals surface area (Å²) < 4.78 is 5.61. The van der Waals surface area contributed by atoms with E-state index in [1.807, 2.05) is 30.5 Å². The number of carbonyl (C=O) groups is 1. The van der Waals surface area contributed by atoms with E-state index < -0.39 is 0 Å². The molecule has 6 nitrogen and oxygen atoms in total. The van der Waals surface area contributed by atoms with Crippen molar-refractivity contribution in [2.75, 3.05) is 32.8 Å². The molecule has 6 rings (SSSR count). The first-order valence-corrected chi connectivity index (χ1v) is 11.8. The van der Waals surface area contributed by atoms with Crippen molar-refractivity contribution in [2.24, 2.45) is 5.92 Å². The number of ether oxygens (including phenoxy) is 1. The van der Waals surface area contributed by atoms with Crippen LogP contribution in [0, 0.1) is 5.92 Å². The number of amides is 1. The molecule has 1 aromatic heterocycles. The van der Waals surface area contributed by atoms with E-state index in [1.54, 1.807) is 11.8 Å². The number of H-pyrrole nitrogens is 1. The van der Waals surface area contributed by atoms with Crippen molar-refractivity contribution in [2.45, 2.75) is 47.8 Å². The summed E-state index contributed by atoms with van der Waals surface area (Å²) in [4.78, 5) is 19.8. The van der Waals surface area contributed by atoms with Gasteiger partial charge in [0.05, 0.1) is 24.3 Å². The Morgan fingerprint density at radius 2 is 2.00 bits per heavy atom.